The fraction of sp³-hybridized carbons (Fsp3) is 0.769. The predicted octanol–water partition coefficient (Wildman–Crippen LogP) is 1.91. The lowest BCUT2D eigenvalue weighted by atomic mass is 10.0. The van der Waals surface area contributed by atoms with Crippen LogP contribution in [0.1, 0.15) is 38.3 Å². The topological polar surface area (TPSA) is 33.1 Å². The van der Waals surface area contributed by atoms with E-state index < -0.39 is 0 Å². The zero-order valence-electron chi connectivity index (χ0n) is 11.5. The fourth-order valence-electron chi connectivity index (χ4n) is 2.65. The van der Waals surface area contributed by atoms with Crippen LogP contribution < -0.4 is 10.2 Å². The summed E-state index contributed by atoms with van der Waals surface area (Å²) in [7, 11) is 6.13. The second kappa shape index (κ2) is 4.69. The minimum absolute atomic E-state index is 0.336. The Morgan fingerprint density at radius 2 is 2.06 bits per heavy atom. The molecule has 4 nitrogen and oxygen atoms in total. The van der Waals surface area contributed by atoms with Crippen LogP contribution in [-0.4, -0.2) is 29.2 Å². The second-order valence-corrected chi connectivity index (χ2v) is 5.62. The highest BCUT2D eigenvalue weighted by Gasteiger charge is 2.27. The number of hydrogen-bond donors (Lipinski definition) is 1. The average molecular weight is 236 g/mol. The highest BCUT2D eigenvalue weighted by molar-refractivity contribution is 5.30. The van der Waals surface area contributed by atoms with Gasteiger partial charge in [-0.3, -0.25) is 0 Å². The Morgan fingerprint density at radius 3 is 2.59 bits per heavy atom. The molecule has 1 aromatic heterocycles. The van der Waals surface area contributed by atoms with Gasteiger partial charge in [-0.15, -0.1) is 0 Å². The van der Waals surface area contributed by atoms with Gasteiger partial charge in [0.05, 0.1) is 11.9 Å². The largest absolute Gasteiger partial charge is 0.348 e. The van der Waals surface area contributed by atoms with Crippen LogP contribution in [0.25, 0.3) is 0 Å². The molecule has 1 saturated carbocycles. The first kappa shape index (κ1) is 12.4. The first-order valence-electron chi connectivity index (χ1n) is 6.45. The number of rotatable bonds is 4. The van der Waals surface area contributed by atoms with Gasteiger partial charge < -0.3 is 14.8 Å². The molecule has 4 heteroatoms. The molecule has 0 spiro atoms. The van der Waals surface area contributed by atoms with Gasteiger partial charge in [0.15, 0.2) is 0 Å². The summed E-state index contributed by atoms with van der Waals surface area (Å²) in [4.78, 5) is 6.47. The molecule has 96 valence electrons. The molecular weight excluding hydrogens is 212 g/mol. The van der Waals surface area contributed by atoms with Crippen molar-refractivity contribution in [3.05, 3.63) is 11.9 Å². The molecule has 1 aliphatic carbocycles. The van der Waals surface area contributed by atoms with E-state index in [1.54, 1.807) is 0 Å². The van der Waals surface area contributed by atoms with Crippen LogP contribution in [0.5, 0.6) is 0 Å². The van der Waals surface area contributed by atoms with Gasteiger partial charge in [0.1, 0.15) is 0 Å². The fourth-order valence-corrected chi connectivity index (χ4v) is 2.65. The first-order valence-corrected chi connectivity index (χ1v) is 6.45. The average Bonchev–Trinajstić information content (AvgIpc) is 2.83. The van der Waals surface area contributed by atoms with Crippen LogP contribution in [0.3, 0.4) is 0 Å². The number of imidazole rings is 1. The van der Waals surface area contributed by atoms with E-state index in [4.69, 9.17) is 0 Å². The molecule has 17 heavy (non-hydrogen) atoms. The van der Waals surface area contributed by atoms with Crippen LogP contribution in [0.4, 0.5) is 5.95 Å². The van der Waals surface area contributed by atoms with Gasteiger partial charge in [-0.05, 0) is 19.8 Å². The Hall–Kier alpha value is -1.03. The van der Waals surface area contributed by atoms with Crippen molar-refractivity contribution in [3.8, 4) is 0 Å². The Bertz CT molecular complexity index is 375. The molecule has 0 atom stereocenters. The summed E-state index contributed by atoms with van der Waals surface area (Å²) in [5.74, 6) is 1.01. The molecule has 1 fully saturated rings. The quantitative estimate of drug-likeness (QED) is 0.867. The zero-order valence-corrected chi connectivity index (χ0v) is 11.5. The Kier molecular flexibility index (Phi) is 3.43. The third kappa shape index (κ3) is 2.63. The summed E-state index contributed by atoms with van der Waals surface area (Å²) < 4.78 is 2.16. The third-order valence-corrected chi connectivity index (χ3v) is 3.86. The van der Waals surface area contributed by atoms with Crippen LogP contribution in [0.2, 0.25) is 0 Å². The van der Waals surface area contributed by atoms with Gasteiger partial charge in [-0.25, -0.2) is 4.98 Å². The van der Waals surface area contributed by atoms with E-state index >= 15 is 0 Å². The lowest BCUT2D eigenvalue weighted by Gasteiger charge is -2.25. The molecule has 1 N–H and O–H groups in total. The van der Waals surface area contributed by atoms with Gasteiger partial charge in [0.2, 0.25) is 5.95 Å². The van der Waals surface area contributed by atoms with Gasteiger partial charge in [0.25, 0.3) is 0 Å². The van der Waals surface area contributed by atoms with Crippen molar-refractivity contribution in [2.75, 3.05) is 19.0 Å². The van der Waals surface area contributed by atoms with Crippen molar-refractivity contribution < 1.29 is 0 Å². The molecule has 1 heterocycles. The summed E-state index contributed by atoms with van der Waals surface area (Å²) in [6.07, 6.45) is 7.28. The van der Waals surface area contributed by atoms with E-state index in [9.17, 15) is 0 Å². The monoisotopic (exact) mass is 236 g/mol. The SMILES string of the molecule is CN(C)c1ncc(CNC2(C)CCCC2)n1C. The molecule has 0 saturated heterocycles. The third-order valence-electron chi connectivity index (χ3n) is 3.86. The lowest BCUT2D eigenvalue weighted by molar-refractivity contribution is 0.358. The van der Waals surface area contributed by atoms with Crippen LogP contribution in [0.15, 0.2) is 6.20 Å². The molecule has 2 rings (SSSR count). The Morgan fingerprint density at radius 1 is 1.41 bits per heavy atom. The van der Waals surface area contributed by atoms with E-state index in [1.807, 2.05) is 25.2 Å². The summed E-state index contributed by atoms with van der Waals surface area (Å²) >= 11 is 0. The van der Waals surface area contributed by atoms with Crippen molar-refractivity contribution in [2.45, 2.75) is 44.7 Å². The van der Waals surface area contributed by atoms with Gasteiger partial charge in [0, 0.05) is 33.2 Å². The summed E-state index contributed by atoms with van der Waals surface area (Å²) in [6, 6.07) is 0. The summed E-state index contributed by atoms with van der Waals surface area (Å²) in [6.45, 7) is 3.25. The maximum atomic E-state index is 4.43. The number of nitrogens with zero attached hydrogens (tertiary/aromatic N) is 3. The number of hydrogen-bond acceptors (Lipinski definition) is 3. The minimum atomic E-state index is 0.336. The molecule has 0 aromatic carbocycles. The molecule has 1 aromatic rings. The highest BCUT2D eigenvalue weighted by Crippen LogP contribution is 2.29. The van der Waals surface area contributed by atoms with Gasteiger partial charge >= 0.3 is 0 Å². The number of nitrogens with one attached hydrogen (secondary N) is 1. The molecule has 0 bridgehead atoms. The lowest BCUT2D eigenvalue weighted by Crippen LogP contribution is -2.39. The zero-order chi connectivity index (χ0) is 12.5. The minimum Gasteiger partial charge on any atom is -0.348 e. The van der Waals surface area contributed by atoms with E-state index in [0.717, 1.165) is 12.5 Å². The van der Waals surface area contributed by atoms with E-state index in [-0.39, 0.29) is 0 Å². The molecule has 0 amide bonds. The number of anilines is 1. The van der Waals surface area contributed by atoms with Crippen LogP contribution in [0, 0.1) is 0 Å². The van der Waals surface area contributed by atoms with E-state index in [1.165, 1.54) is 31.4 Å². The van der Waals surface area contributed by atoms with Gasteiger partial charge in [-0.2, -0.15) is 0 Å². The Balaban J connectivity index is 1.99. The van der Waals surface area contributed by atoms with Crippen molar-refractivity contribution in [1.82, 2.24) is 14.9 Å². The smallest absolute Gasteiger partial charge is 0.204 e. The molecular formula is C13H24N4. The van der Waals surface area contributed by atoms with Crippen molar-refractivity contribution in [3.63, 3.8) is 0 Å². The predicted molar refractivity (Wildman–Crippen MR) is 71.2 cm³/mol. The normalized spacial score (nSPS) is 18.6. The van der Waals surface area contributed by atoms with Crippen LogP contribution >= 0.6 is 0 Å². The molecule has 0 aliphatic heterocycles. The number of aromatic nitrogens is 2. The second-order valence-electron chi connectivity index (χ2n) is 5.62. The summed E-state index contributed by atoms with van der Waals surface area (Å²) in [5, 5.41) is 3.69. The maximum absolute atomic E-state index is 4.43. The molecule has 0 radical (unpaired) electrons. The standard InChI is InChI=1S/C13H24N4/c1-13(7-5-6-8-13)15-10-11-9-14-12(16(2)3)17(11)4/h9,15H,5-8,10H2,1-4H3. The van der Waals surface area contributed by atoms with Gasteiger partial charge in [-0.1, -0.05) is 12.8 Å². The van der Waals surface area contributed by atoms with E-state index in [2.05, 4.69) is 28.8 Å². The maximum Gasteiger partial charge on any atom is 0.204 e. The first-order chi connectivity index (χ1) is 8.02. The molecule has 1 aliphatic rings. The van der Waals surface area contributed by atoms with Crippen molar-refractivity contribution >= 4 is 5.95 Å². The van der Waals surface area contributed by atoms with Crippen molar-refractivity contribution in [2.24, 2.45) is 7.05 Å². The van der Waals surface area contributed by atoms with Crippen molar-refractivity contribution in [1.29, 1.82) is 0 Å². The molecule has 0 unspecified atom stereocenters. The van der Waals surface area contributed by atoms with E-state index in [0.29, 0.717) is 5.54 Å². The Labute approximate surface area is 104 Å². The highest BCUT2D eigenvalue weighted by atomic mass is 15.3. The summed E-state index contributed by atoms with van der Waals surface area (Å²) in [5.41, 5.74) is 1.59. The van der Waals surface area contributed by atoms with Crippen LogP contribution in [-0.2, 0) is 13.6 Å².